The first-order valence-electron chi connectivity index (χ1n) is 10.4. The summed E-state index contributed by atoms with van der Waals surface area (Å²) in [6.07, 6.45) is 3.77. The molecular weight excluding hydrogens is 404 g/mol. The van der Waals surface area contributed by atoms with Crippen LogP contribution in [0, 0.1) is 5.92 Å². The molecule has 0 spiro atoms. The molecule has 1 unspecified atom stereocenters. The van der Waals surface area contributed by atoms with E-state index in [9.17, 15) is 4.79 Å². The van der Waals surface area contributed by atoms with Crippen molar-refractivity contribution < 1.29 is 19.4 Å². The summed E-state index contributed by atoms with van der Waals surface area (Å²) in [4.78, 5) is 26.8. The first-order chi connectivity index (χ1) is 14.6. The predicted molar refractivity (Wildman–Crippen MR) is 116 cm³/mol. The summed E-state index contributed by atoms with van der Waals surface area (Å²) in [5.41, 5.74) is 2.08. The molecule has 0 radical (unpaired) electrons. The second-order valence-corrected chi connectivity index (χ2v) is 8.90. The number of piperidine rings is 3. The van der Waals surface area contributed by atoms with Crippen molar-refractivity contribution in [2.45, 2.75) is 31.4 Å². The monoisotopic (exact) mass is 432 g/mol. The highest BCUT2D eigenvalue weighted by Crippen LogP contribution is 2.31. The normalized spacial score (nSPS) is 27.6. The van der Waals surface area contributed by atoms with Crippen molar-refractivity contribution in [1.29, 1.82) is 0 Å². The molecule has 9 heteroatoms. The molecule has 2 bridgehead atoms. The van der Waals surface area contributed by atoms with E-state index in [1.54, 1.807) is 7.11 Å². The molecule has 1 aromatic heterocycles. The zero-order chi connectivity index (χ0) is 21.1. The maximum Gasteiger partial charge on any atom is 0.290 e. The van der Waals surface area contributed by atoms with Crippen molar-refractivity contribution in [3.05, 3.63) is 23.1 Å². The predicted octanol–water partition coefficient (Wildman–Crippen LogP) is 2.05. The molecule has 4 fully saturated rings. The number of carbonyl (C=O) groups excluding carboxylic acids is 1. The van der Waals surface area contributed by atoms with Crippen molar-refractivity contribution in [1.82, 2.24) is 14.6 Å². The summed E-state index contributed by atoms with van der Waals surface area (Å²) in [6.45, 7) is 5.03. The van der Waals surface area contributed by atoms with Gasteiger partial charge in [0.2, 0.25) is 0 Å². The molecule has 2 atom stereocenters. The number of ether oxygens (including phenoxy) is 1. The lowest BCUT2D eigenvalue weighted by Gasteiger charge is -2.44. The zero-order valence-electron chi connectivity index (χ0n) is 17.1. The van der Waals surface area contributed by atoms with Gasteiger partial charge >= 0.3 is 0 Å². The lowest BCUT2D eigenvalue weighted by molar-refractivity contribution is -0.122. The molecule has 4 aliphatic heterocycles. The molecule has 4 saturated heterocycles. The number of carboxylic acid groups (broad SMARTS) is 1. The number of nitrogens with one attached hydrogen (secondary N) is 1. The van der Waals surface area contributed by atoms with Crippen molar-refractivity contribution in [3.63, 3.8) is 0 Å². The Labute approximate surface area is 180 Å². The minimum atomic E-state index is -0.250. The zero-order valence-corrected chi connectivity index (χ0v) is 17.9. The third-order valence-electron chi connectivity index (χ3n) is 6.48. The second kappa shape index (κ2) is 9.28. The van der Waals surface area contributed by atoms with Crippen LogP contribution in [-0.4, -0.2) is 78.7 Å². The highest BCUT2D eigenvalue weighted by Gasteiger charge is 2.35. The first kappa shape index (κ1) is 21.0. The number of carbonyl (C=O) groups is 2. The number of hydrogen-bond donors (Lipinski definition) is 2. The van der Waals surface area contributed by atoms with E-state index < -0.39 is 0 Å². The molecule has 1 amide bonds. The standard InChI is InChI=1S/C20H26N4O2S.CH2O2/c1-26-15-6-9-24(11-15)14-2-3-16-17(10-14)22-27-19(16)20(25)21-18-12-23-7-4-13(18)5-8-23;2-1-3/h2-3,10,13,15,18H,4-9,11-12H2,1H3,(H,21,25);1H,(H,2,3)/t15-,18?;/m0./s1. The van der Waals surface area contributed by atoms with Crippen LogP contribution < -0.4 is 10.2 Å². The molecule has 1 aromatic carbocycles. The minimum absolute atomic E-state index is 0.0367. The molecule has 162 valence electrons. The second-order valence-electron chi connectivity index (χ2n) is 8.13. The summed E-state index contributed by atoms with van der Waals surface area (Å²) in [7, 11) is 1.78. The Bertz CT molecular complexity index is 896. The van der Waals surface area contributed by atoms with E-state index in [4.69, 9.17) is 14.6 Å². The maximum atomic E-state index is 12.9. The van der Waals surface area contributed by atoms with Gasteiger partial charge in [-0.2, -0.15) is 4.37 Å². The quantitative estimate of drug-likeness (QED) is 0.714. The average Bonchev–Trinajstić information content (AvgIpc) is 3.42. The molecule has 2 N–H and O–H groups in total. The van der Waals surface area contributed by atoms with Gasteiger partial charge < -0.3 is 25.0 Å². The highest BCUT2D eigenvalue weighted by atomic mass is 32.1. The smallest absolute Gasteiger partial charge is 0.290 e. The lowest BCUT2D eigenvalue weighted by atomic mass is 9.84. The molecule has 6 rings (SSSR count). The van der Waals surface area contributed by atoms with E-state index in [1.807, 2.05) is 0 Å². The van der Waals surface area contributed by atoms with Gasteiger partial charge in [0.25, 0.3) is 12.4 Å². The van der Waals surface area contributed by atoms with Gasteiger partial charge in [0.1, 0.15) is 4.88 Å². The molecule has 0 saturated carbocycles. The Balaban J connectivity index is 0.000000687. The largest absolute Gasteiger partial charge is 0.483 e. The maximum absolute atomic E-state index is 12.9. The molecule has 30 heavy (non-hydrogen) atoms. The fraction of sp³-hybridized carbons (Fsp3) is 0.571. The third kappa shape index (κ3) is 4.28. The molecule has 2 aromatic rings. The van der Waals surface area contributed by atoms with E-state index in [1.165, 1.54) is 37.5 Å². The van der Waals surface area contributed by atoms with Crippen LogP contribution >= 0.6 is 11.5 Å². The van der Waals surface area contributed by atoms with Crippen molar-refractivity contribution in [2.24, 2.45) is 5.92 Å². The number of rotatable bonds is 4. The van der Waals surface area contributed by atoms with Crippen LogP contribution in [0.2, 0.25) is 0 Å². The van der Waals surface area contributed by atoms with Crippen molar-refractivity contribution >= 4 is 40.5 Å². The Morgan fingerprint density at radius 3 is 2.67 bits per heavy atom. The van der Waals surface area contributed by atoms with E-state index in [2.05, 4.69) is 37.7 Å². The molecular formula is C21H28N4O4S. The van der Waals surface area contributed by atoms with E-state index >= 15 is 0 Å². The number of fused-ring (bicyclic) bond motifs is 4. The summed E-state index contributed by atoms with van der Waals surface area (Å²) in [6, 6.07) is 6.56. The van der Waals surface area contributed by atoms with Crippen LogP contribution in [-0.2, 0) is 9.53 Å². The Kier molecular flexibility index (Phi) is 6.50. The third-order valence-corrected chi connectivity index (χ3v) is 7.36. The lowest BCUT2D eigenvalue weighted by Crippen LogP contribution is -2.57. The highest BCUT2D eigenvalue weighted by molar-refractivity contribution is 7.09. The molecule has 8 nitrogen and oxygen atoms in total. The van der Waals surface area contributed by atoms with Crippen molar-refractivity contribution in [2.75, 3.05) is 44.7 Å². The van der Waals surface area contributed by atoms with Gasteiger partial charge in [0, 0.05) is 43.9 Å². The van der Waals surface area contributed by atoms with Gasteiger partial charge in [-0.3, -0.25) is 9.59 Å². The average molecular weight is 433 g/mol. The first-order valence-corrected chi connectivity index (χ1v) is 11.2. The molecule has 4 aliphatic rings. The van der Waals surface area contributed by atoms with Gasteiger partial charge in [-0.25, -0.2) is 0 Å². The fourth-order valence-corrected chi connectivity index (χ4v) is 5.56. The summed E-state index contributed by atoms with van der Waals surface area (Å²) in [5.74, 6) is 0.670. The van der Waals surface area contributed by atoms with Crippen molar-refractivity contribution in [3.8, 4) is 0 Å². The Morgan fingerprint density at radius 1 is 1.27 bits per heavy atom. The number of nitrogens with zero attached hydrogens (tertiary/aromatic N) is 3. The van der Waals surface area contributed by atoms with Gasteiger partial charge in [-0.05, 0) is 68.0 Å². The SMILES string of the molecule is CO[C@H]1CCN(c2ccc3c(C(=O)NC4CN5CCC4CC5)snc3c2)C1.O=CO. The Morgan fingerprint density at radius 2 is 2.03 bits per heavy atom. The van der Waals surface area contributed by atoms with Crippen LogP contribution in [0.25, 0.3) is 10.9 Å². The van der Waals surface area contributed by atoms with Crippen LogP contribution in [0.4, 0.5) is 5.69 Å². The minimum Gasteiger partial charge on any atom is -0.483 e. The van der Waals surface area contributed by atoms with E-state index in [0.717, 1.165) is 47.5 Å². The van der Waals surface area contributed by atoms with Crippen LogP contribution in [0.3, 0.4) is 0 Å². The number of methoxy groups -OCH3 is 1. The number of aromatic nitrogens is 1. The molecule has 0 aliphatic carbocycles. The molecule has 5 heterocycles. The van der Waals surface area contributed by atoms with Crippen LogP contribution in [0.1, 0.15) is 28.9 Å². The summed E-state index contributed by atoms with van der Waals surface area (Å²) in [5, 5.41) is 11.1. The number of amides is 1. The number of hydrogen-bond acceptors (Lipinski definition) is 7. The van der Waals surface area contributed by atoms with E-state index in [-0.39, 0.29) is 18.4 Å². The van der Waals surface area contributed by atoms with Gasteiger partial charge in [0.15, 0.2) is 0 Å². The number of anilines is 1. The van der Waals surface area contributed by atoms with Gasteiger partial charge in [-0.15, -0.1) is 0 Å². The number of benzene rings is 1. The topological polar surface area (TPSA) is 95.0 Å². The van der Waals surface area contributed by atoms with Gasteiger partial charge in [0.05, 0.1) is 11.6 Å². The summed E-state index contributed by atoms with van der Waals surface area (Å²) < 4.78 is 10.0. The fourth-order valence-electron chi connectivity index (χ4n) is 4.81. The Hall–Kier alpha value is -2.23. The van der Waals surface area contributed by atoms with E-state index in [0.29, 0.717) is 12.0 Å². The summed E-state index contributed by atoms with van der Waals surface area (Å²) >= 11 is 1.32. The van der Waals surface area contributed by atoms with Crippen LogP contribution in [0.15, 0.2) is 18.2 Å². The van der Waals surface area contributed by atoms with Crippen LogP contribution in [0.5, 0.6) is 0 Å². The van der Waals surface area contributed by atoms with Gasteiger partial charge in [-0.1, -0.05) is 0 Å².